The Kier molecular flexibility index (Phi) is 5.54. The van der Waals surface area contributed by atoms with Crippen LogP contribution in [0.2, 0.25) is 0 Å². The summed E-state index contributed by atoms with van der Waals surface area (Å²) < 4.78 is 78.1. The summed E-state index contributed by atoms with van der Waals surface area (Å²) in [4.78, 5) is 11.3. The fraction of sp³-hybridized carbons (Fsp3) is 0.278. The third-order valence-corrected chi connectivity index (χ3v) is 5.22. The number of sulfone groups is 1. The number of imidazole rings is 1. The van der Waals surface area contributed by atoms with Gasteiger partial charge in [0.05, 0.1) is 23.0 Å². The molecule has 0 fully saturated rings. The highest BCUT2D eigenvalue weighted by Gasteiger charge is 2.38. The van der Waals surface area contributed by atoms with E-state index in [0.717, 1.165) is 23.2 Å². The summed E-state index contributed by atoms with van der Waals surface area (Å²) in [5, 5.41) is 2.77. The minimum Gasteiger partial charge on any atom is -0.324 e. The number of benzene rings is 1. The van der Waals surface area contributed by atoms with Crippen LogP contribution in [0.15, 0.2) is 41.6 Å². The van der Waals surface area contributed by atoms with Crippen LogP contribution in [0.1, 0.15) is 25.7 Å². The van der Waals surface area contributed by atoms with Gasteiger partial charge in [-0.05, 0) is 38.1 Å². The van der Waals surface area contributed by atoms with Gasteiger partial charge in [0.15, 0.2) is 15.7 Å². The van der Waals surface area contributed by atoms with E-state index in [1.807, 2.05) is 0 Å². The summed E-state index contributed by atoms with van der Waals surface area (Å²) in [7, 11) is -3.37. The molecule has 0 atom stereocenters. The van der Waals surface area contributed by atoms with E-state index in [1.165, 1.54) is 38.1 Å². The summed E-state index contributed by atoms with van der Waals surface area (Å²) in [6.45, 7) is 3.03. The van der Waals surface area contributed by atoms with Crippen LogP contribution in [-0.2, 0) is 16.0 Å². The second kappa shape index (κ2) is 7.67. The number of halogens is 4. The Bertz CT molecular complexity index is 1170. The van der Waals surface area contributed by atoms with Crippen molar-refractivity contribution in [3.05, 3.63) is 48.3 Å². The molecule has 2 aromatic heterocycles. The first kappa shape index (κ1) is 21.7. The van der Waals surface area contributed by atoms with E-state index in [0.29, 0.717) is 5.69 Å². The highest BCUT2D eigenvalue weighted by Crippen LogP contribution is 2.34. The normalized spacial score (nSPS) is 12.4. The Morgan fingerprint density at radius 1 is 1.07 bits per heavy atom. The molecule has 0 bridgehead atoms. The second-order valence-corrected chi connectivity index (χ2v) is 8.76. The smallest absolute Gasteiger partial charge is 0.324 e. The Hall–Kier alpha value is -3.02. The van der Waals surface area contributed by atoms with Crippen LogP contribution >= 0.6 is 0 Å². The van der Waals surface area contributed by atoms with Crippen LogP contribution in [0.4, 0.5) is 29.2 Å². The molecule has 0 unspecified atom stereocenters. The van der Waals surface area contributed by atoms with Crippen molar-refractivity contribution in [2.45, 2.75) is 31.0 Å². The lowest BCUT2D eigenvalue weighted by atomic mass is 10.2. The van der Waals surface area contributed by atoms with Crippen molar-refractivity contribution in [3.63, 3.8) is 0 Å². The van der Waals surface area contributed by atoms with Crippen molar-refractivity contribution in [2.75, 3.05) is 11.6 Å². The van der Waals surface area contributed by atoms with Crippen LogP contribution in [-0.4, -0.2) is 34.2 Å². The largest absolute Gasteiger partial charge is 0.449 e. The number of nitrogens with one attached hydrogen (secondary N) is 1. The number of nitrogens with zero attached hydrogens (tertiary/aromatic N) is 4. The van der Waals surface area contributed by atoms with Crippen molar-refractivity contribution in [1.29, 1.82) is 0 Å². The molecule has 0 saturated carbocycles. The van der Waals surface area contributed by atoms with E-state index in [1.54, 1.807) is 0 Å². The first-order valence-electron chi connectivity index (χ1n) is 8.62. The minimum absolute atomic E-state index is 0.0800. The maximum atomic E-state index is 14.4. The lowest BCUT2D eigenvalue weighted by Crippen LogP contribution is -2.17. The number of anilines is 2. The molecule has 0 saturated heterocycles. The zero-order valence-corrected chi connectivity index (χ0v) is 16.9. The maximum Gasteiger partial charge on any atom is 0.449 e. The molecular weight excluding hydrogens is 426 g/mol. The SMILES string of the molecule is CC(C)n1c(-c2nc(Nc3ccc(S(C)(=O)=O)cc3)ncc2F)cnc1C(F)(F)F. The quantitative estimate of drug-likeness (QED) is 0.594. The molecule has 0 spiro atoms. The lowest BCUT2D eigenvalue weighted by Gasteiger charge is -2.17. The second-order valence-electron chi connectivity index (χ2n) is 6.74. The van der Waals surface area contributed by atoms with Crippen molar-refractivity contribution >= 4 is 21.5 Å². The predicted molar refractivity (Wildman–Crippen MR) is 101 cm³/mol. The zero-order chi connectivity index (χ0) is 22.3. The van der Waals surface area contributed by atoms with Gasteiger partial charge in [0.2, 0.25) is 11.8 Å². The molecule has 30 heavy (non-hydrogen) atoms. The van der Waals surface area contributed by atoms with Gasteiger partial charge < -0.3 is 9.88 Å². The fourth-order valence-corrected chi connectivity index (χ4v) is 3.42. The van der Waals surface area contributed by atoms with Gasteiger partial charge in [-0.15, -0.1) is 0 Å². The summed E-state index contributed by atoms with van der Waals surface area (Å²) in [5.41, 5.74) is -0.0852. The molecular formula is C18H17F4N5O2S. The molecule has 3 aromatic rings. The molecule has 0 aliphatic carbocycles. The Morgan fingerprint density at radius 2 is 1.70 bits per heavy atom. The Labute approximate surface area is 169 Å². The van der Waals surface area contributed by atoms with Gasteiger partial charge >= 0.3 is 6.18 Å². The van der Waals surface area contributed by atoms with Gasteiger partial charge in [-0.1, -0.05) is 0 Å². The first-order valence-corrected chi connectivity index (χ1v) is 10.5. The zero-order valence-electron chi connectivity index (χ0n) is 16.1. The van der Waals surface area contributed by atoms with E-state index in [-0.39, 0.29) is 22.2 Å². The van der Waals surface area contributed by atoms with Crippen LogP contribution < -0.4 is 5.32 Å². The van der Waals surface area contributed by atoms with Gasteiger partial charge in [0.1, 0.15) is 5.69 Å². The molecule has 0 radical (unpaired) electrons. The van der Waals surface area contributed by atoms with Gasteiger partial charge in [0.25, 0.3) is 0 Å². The van der Waals surface area contributed by atoms with Crippen LogP contribution in [0, 0.1) is 5.82 Å². The average molecular weight is 443 g/mol. The molecule has 0 aliphatic rings. The average Bonchev–Trinajstić information content (AvgIpc) is 3.08. The van der Waals surface area contributed by atoms with Crippen LogP contribution in [0.3, 0.4) is 0 Å². The molecule has 1 aromatic carbocycles. The summed E-state index contributed by atoms with van der Waals surface area (Å²) in [6, 6.07) is 5.00. The highest BCUT2D eigenvalue weighted by atomic mass is 32.2. The van der Waals surface area contributed by atoms with Crippen molar-refractivity contribution in [2.24, 2.45) is 0 Å². The summed E-state index contributed by atoms with van der Waals surface area (Å²) in [6.07, 6.45) is -1.90. The molecule has 0 amide bonds. The van der Waals surface area contributed by atoms with E-state index in [9.17, 15) is 26.0 Å². The molecule has 1 N–H and O–H groups in total. The number of hydrogen-bond acceptors (Lipinski definition) is 6. The topological polar surface area (TPSA) is 89.8 Å². The molecule has 12 heteroatoms. The van der Waals surface area contributed by atoms with Gasteiger partial charge in [-0.2, -0.15) is 13.2 Å². The summed E-state index contributed by atoms with van der Waals surface area (Å²) >= 11 is 0. The van der Waals surface area contributed by atoms with Crippen LogP contribution in [0.5, 0.6) is 0 Å². The number of alkyl halides is 3. The van der Waals surface area contributed by atoms with Crippen molar-refractivity contribution < 1.29 is 26.0 Å². The predicted octanol–water partition coefficient (Wildman–Crippen LogP) is 4.23. The molecule has 0 aliphatic heterocycles. The van der Waals surface area contributed by atoms with Gasteiger partial charge in [0, 0.05) is 18.0 Å². The van der Waals surface area contributed by atoms with Crippen molar-refractivity contribution in [3.8, 4) is 11.4 Å². The van der Waals surface area contributed by atoms with Crippen LogP contribution in [0.25, 0.3) is 11.4 Å². The maximum absolute atomic E-state index is 14.4. The molecule has 3 rings (SSSR count). The number of aromatic nitrogens is 4. The van der Waals surface area contributed by atoms with E-state index in [2.05, 4.69) is 20.3 Å². The Morgan fingerprint density at radius 3 is 2.23 bits per heavy atom. The molecule has 2 heterocycles. The third kappa shape index (κ3) is 4.42. The van der Waals surface area contributed by atoms with E-state index >= 15 is 0 Å². The highest BCUT2D eigenvalue weighted by molar-refractivity contribution is 7.90. The number of hydrogen-bond donors (Lipinski definition) is 1. The summed E-state index contributed by atoms with van der Waals surface area (Å²) in [5.74, 6) is -2.15. The van der Waals surface area contributed by atoms with Gasteiger partial charge in [-0.25, -0.2) is 27.8 Å². The molecule has 160 valence electrons. The van der Waals surface area contributed by atoms with E-state index < -0.39 is 33.7 Å². The third-order valence-electron chi connectivity index (χ3n) is 4.09. The van der Waals surface area contributed by atoms with E-state index in [4.69, 9.17) is 0 Å². The monoisotopic (exact) mass is 443 g/mol. The standard InChI is InChI=1S/C18H17F4N5O2S/c1-10(2)27-14(9-23-16(27)18(20,21)22)15-13(19)8-24-17(26-15)25-11-4-6-12(7-5-11)30(3,28)29/h4-10H,1-3H3,(H,24,25,26). The molecule has 7 nitrogen and oxygen atoms in total. The lowest BCUT2D eigenvalue weighted by molar-refractivity contribution is -0.147. The van der Waals surface area contributed by atoms with Crippen molar-refractivity contribution in [1.82, 2.24) is 19.5 Å². The minimum atomic E-state index is -4.71. The fourth-order valence-electron chi connectivity index (χ4n) is 2.79. The van der Waals surface area contributed by atoms with Gasteiger partial charge in [-0.3, -0.25) is 0 Å². The first-order chi connectivity index (χ1) is 13.9. The Balaban J connectivity index is 2.00. The number of rotatable bonds is 5.